The van der Waals surface area contributed by atoms with Gasteiger partial charge in [-0.1, -0.05) is 148 Å². The lowest BCUT2D eigenvalue weighted by atomic mass is 9.93. The molecule has 0 radical (unpaired) electrons. The van der Waals surface area contributed by atoms with Crippen LogP contribution < -0.4 is 10.2 Å². The molecule has 2 fully saturated rings. The highest BCUT2D eigenvalue weighted by Crippen LogP contribution is 2.46. The molecule has 4 amide bonds. The number of Topliss-reactive ketones (excluding diaryl/α,β-unsaturated/α-hetero) is 2. The molecule has 0 bridgehead atoms. The molecule has 6 heterocycles. The summed E-state index contributed by atoms with van der Waals surface area (Å²) in [6.07, 6.45) is 5.80. The van der Waals surface area contributed by atoms with Crippen LogP contribution in [0, 0.1) is 25.7 Å². The molecule has 0 unspecified atom stereocenters. The highest BCUT2D eigenvalue weighted by molar-refractivity contribution is 9.09. The molecule has 4 aromatic heterocycles. The van der Waals surface area contributed by atoms with Crippen LogP contribution >= 0.6 is 15.9 Å². The van der Waals surface area contributed by atoms with Crippen molar-refractivity contribution in [2.75, 3.05) is 61.5 Å². The molecule has 6 aromatic carbocycles. The second kappa shape index (κ2) is 31.8. The molecule has 2 aliphatic heterocycles. The number of hydrogen-bond donors (Lipinski definition) is 1. The Kier molecular flexibility index (Phi) is 22.6. The van der Waals surface area contributed by atoms with Gasteiger partial charge in [-0.15, -0.1) is 0 Å². The number of alkyl halides is 1. The van der Waals surface area contributed by atoms with Crippen molar-refractivity contribution in [1.29, 1.82) is 0 Å². The van der Waals surface area contributed by atoms with Gasteiger partial charge in [0.2, 0.25) is 0 Å². The van der Waals surface area contributed by atoms with Gasteiger partial charge in [-0.2, -0.15) is 0 Å². The SMILES string of the molecule is Cc1ccc(S(=O)(=O)n2ccc3nc(N(CC(=O)[C@@H]4CCCN(C(=O)OCC5c6ccccc6-c6ccccc65)C4)C(=O)OC(C)(C)C)cnc32)cc1.Cc1ccc(S(=O)(=O)n2ccc3nc(NC(=O)OC(C)(C)C)cnc32)cc1.O=C(CBr)[C@@H]1CCCN(C(=O)OCC2c3ccccc3-c3ccccc32)C1. The summed E-state index contributed by atoms with van der Waals surface area (Å²) in [5, 5.41) is 2.83. The highest BCUT2D eigenvalue weighted by atomic mass is 79.9. The van der Waals surface area contributed by atoms with Crippen LogP contribution in [-0.4, -0.2) is 153 Å². The summed E-state index contributed by atoms with van der Waals surface area (Å²) in [5.41, 5.74) is 10.5. The third-order valence-corrected chi connectivity index (χ3v) is 22.7. The first kappa shape index (κ1) is 76.0. The predicted octanol–water partition coefficient (Wildman–Crippen LogP) is 14.9. The summed E-state index contributed by atoms with van der Waals surface area (Å²) in [4.78, 5) is 99.1. The normalized spacial score (nSPS) is 15.6. The van der Waals surface area contributed by atoms with Gasteiger partial charge >= 0.3 is 24.4 Å². The van der Waals surface area contributed by atoms with E-state index in [9.17, 15) is 45.6 Å². The number of halogens is 1. The van der Waals surface area contributed by atoms with Gasteiger partial charge in [-0.25, -0.2) is 63.9 Å². The lowest BCUT2D eigenvalue weighted by Gasteiger charge is -2.33. The molecule has 14 rings (SSSR count). The van der Waals surface area contributed by atoms with Gasteiger partial charge in [0.25, 0.3) is 20.0 Å². The number of ketones is 2. The van der Waals surface area contributed by atoms with Gasteiger partial charge in [-0.05, 0) is 162 Å². The van der Waals surface area contributed by atoms with Crippen molar-refractivity contribution in [3.63, 3.8) is 0 Å². The van der Waals surface area contributed by atoms with E-state index < -0.39 is 55.4 Å². The van der Waals surface area contributed by atoms with E-state index in [0.29, 0.717) is 49.9 Å². The van der Waals surface area contributed by atoms with Crippen molar-refractivity contribution in [3.8, 4) is 22.3 Å². The minimum Gasteiger partial charge on any atom is -0.448 e. The number of fused-ring (bicyclic) bond motifs is 8. The fourth-order valence-electron chi connectivity index (χ4n) is 13.5. The van der Waals surface area contributed by atoms with E-state index in [0.717, 1.165) is 59.1 Å². The number of nitrogens with one attached hydrogen (secondary N) is 1. The third kappa shape index (κ3) is 17.3. The number of ether oxygens (including phenoxy) is 4. The molecule has 2 aliphatic carbocycles. The first-order valence-corrected chi connectivity index (χ1v) is 39.2. The smallest absolute Gasteiger partial charge is 0.416 e. The highest BCUT2D eigenvalue weighted by Gasteiger charge is 2.37. The number of aryl methyl sites for hydroxylation is 2. The summed E-state index contributed by atoms with van der Waals surface area (Å²) < 4.78 is 77.1. The number of carbonyl (C=O) groups excluding carboxylic acids is 6. The number of carbonyl (C=O) groups is 6. The summed E-state index contributed by atoms with van der Waals surface area (Å²) in [6, 6.07) is 48.9. The second-order valence-corrected chi connectivity index (χ2v) is 32.9. The fourth-order valence-corrected chi connectivity index (χ4v) is 16.6. The minimum absolute atomic E-state index is 0.0229. The van der Waals surface area contributed by atoms with Crippen molar-refractivity contribution >= 4 is 106 Å². The Morgan fingerprint density at radius 1 is 0.523 bits per heavy atom. The van der Waals surface area contributed by atoms with Crippen molar-refractivity contribution < 1.29 is 64.6 Å². The van der Waals surface area contributed by atoms with Crippen LogP contribution in [0.5, 0.6) is 0 Å². The van der Waals surface area contributed by atoms with E-state index >= 15 is 0 Å². The van der Waals surface area contributed by atoms with Crippen LogP contribution in [0.1, 0.15) is 112 Å². The first-order chi connectivity index (χ1) is 51.0. The molecule has 107 heavy (non-hydrogen) atoms. The van der Waals surface area contributed by atoms with Crippen LogP contribution in [0.2, 0.25) is 0 Å². The zero-order chi connectivity index (χ0) is 76.1. The Labute approximate surface area is 629 Å². The molecule has 2 saturated heterocycles. The van der Waals surface area contributed by atoms with Gasteiger partial charge in [-0.3, -0.25) is 19.8 Å². The Hall–Kier alpha value is -10.6. The molecular formula is C80H83BrN10O14S2. The van der Waals surface area contributed by atoms with E-state index in [-0.39, 0.29) is 93.3 Å². The van der Waals surface area contributed by atoms with Crippen molar-refractivity contribution in [2.24, 2.45) is 11.8 Å². The summed E-state index contributed by atoms with van der Waals surface area (Å²) in [7, 11) is -7.78. The molecule has 10 aromatic rings. The fraction of sp³-hybridized carbons (Fsp3) is 0.325. The molecular weight excluding hydrogens is 1470 g/mol. The van der Waals surface area contributed by atoms with E-state index in [1.807, 2.05) is 62.4 Å². The number of anilines is 2. The average Bonchev–Trinajstić information content (AvgIpc) is 1.67. The maximum atomic E-state index is 13.9. The maximum Gasteiger partial charge on any atom is 0.416 e. The number of piperidine rings is 2. The van der Waals surface area contributed by atoms with Gasteiger partial charge in [0.15, 0.2) is 28.7 Å². The van der Waals surface area contributed by atoms with E-state index in [1.165, 1.54) is 71.3 Å². The van der Waals surface area contributed by atoms with Gasteiger partial charge in [0, 0.05) is 62.2 Å². The number of aromatic nitrogens is 6. The number of benzene rings is 6. The topological polar surface area (TPSA) is 291 Å². The number of hydrogen-bond acceptors (Lipinski definition) is 18. The lowest BCUT2D eigenvalue weighted by Crippen LogP contribution is -2.47. The van der Waals surface area contributed by atoms with E-state index in [4.69, 9.17) is 18.9 Å². The Bertz CT molecular complexity index is 5160. The van der Waals surface area contributed by atoms with Gasteiger partial charge in [0.1, 0.15) is 41.2 Å². The summed E-state index contributed by atoms with van der Waals surface area (Å²) in [6.45, 7) is 15.9. The summed E-state index contributed by atoms with van der Waals surface area (Å²) in [5.74, 6) is -0.609. The first-order valence-electron chi connectivity index (χ1n) is 35.2. The second-order valence-electron chi connectivity index (χ2n) is 28.7. The molecule has 4 aliphatic rings. The molecule has 1 N–H and O–H groups in total. The van der Waals surface area contributed by atoms with Crippen LogP contribution in [0.25, 0.3) is 44.6 Å². The van der Waals surface area contributed by atoms with Gasteiger partial charge in [0.05, 0.1) is 34.1 Å². The van der Waals surface area contributed by atoms with Crippen LogP contribution in [0.15, 0.2) is 192 Å². The standard InChI is InChI=1S/C40H41N5O7S.C22H22BrNO3.C18H20N4O4S/c1-26-15-17-28(18-16-26)53(49,50)45-21-19-34-37(45)41-22-36(42-34)44(39(48)52-40(2,3)4)24-35(46)27-10-9-20-43(23-27)38(47)51-25-33-31-13-7-5-11-29(31)30-12-6-8-14-32(30)33;23-12-21(25)15-6-5-11-24(13-15)22(26)27-14-20-18-9-3-1-7-16(18)17-8-2-4-10-19(17)20;1-12-5-7-13(8-6-12)27(24,25)22-10-9-14-16(22)19-11-15(20-14)21-17(23)26-18(2,3)4/h5-8,11-19,21-22,27,33H,9-10,20,23-25H2,1-4H3;1-4,7-10,15,20H,5-6,11-14H2;5-11H,1-4H3,(H,20,21,23)/t27-;15-;/m11./s1. The number of nitrogens with zero attached hydrogens (tertiary/aromatic N) is 9. The van der Waals surface area contributed by atoms with Crippen LogP contribution in [0.3, 0.4) is 0 Å². The Morgan fingerprint density at radius 3 is 1.35 bits per heavy atom. The van der Waals surface area contributed by atoms with Crippen LogP contribution in [0.4, 0.5) is 30.8 Å². The molecule has 24 nitrogen and oxygen atoms in total. The number of likely N-dealkylation sites (tertiary alicyclic amines) is 2. The average molecular weight is 1550 g/mol. The zero-order valence-electron chi connectivity index (χ0n) is 60.6. The molecule has 0 saturated carbocycles. The van der Waals surface area contributed by atoms with Crippen molar-refractivity contribution in [2.45, 2.75) is 114 Å². The molecule has 556 valence electrons. The molecule has 0 spiro atoms. The molecule has 2 atom stereocenters. The largest absolute Gasteiger partial charge is 0.448 e. The predicted molar refractivity (Wildman–Crippen MR) is 409 cm³/mol. The Balaban J connectivity index is 0.000000166. The van der Waals surface area contributed by atoms with E-state index in [1.54, 1.807) is 87.7 Å². The lowest BCUT2D eigenvalue weighted by molar-refractivity contribution is -0.123. The molecule has 27 heteroatoms. The summed E-state index contributed by atoms with van der Waals surface area (Å²) >= 11 is 3.23. The van der Waals surface area contributed by atoms with Gasteiger partial charge < -0.3 is 28.7 Å². The Morgan fingerprint density at radius 2 is 0.925 bits per heavy atom. The third-order valence-electron chi connectivity index (χ3n) is 18.8. The monoisotopic (exact) mass is 1550 g/mol. The maximum absolute atomic E-state index is 13.9. The quantitative estimate of drug-likeness (QED) is 0.0737. The van der Waals surface area contributed by atoms with E-state index in [2.05, 4.69) is 89.7 Å². The number of amides is 4. The van der Waals surface area contributed by atoms with Crippen molar-refractivity contribution in [3.05, 3.63) is 216 Å². The zero-order valence-corrected chi connectivity index (χ0v) is 63.8. The minimum atomic E-state index is -3.98. The number of rotatable bonds is 15. The van der Waals surface area contributed by atoms with Crippen molar-refractivity contribution in [1.82, 2.24) is 37.7 Å². The van der Waals surface area contributed by atoms with Crippen LogP contribution in [-0.2, 0) is 48.6 Å².